The van der Waals surface area contributed by atoms with Crippen molar-refractivity contribution < 1.29 is 13.9 Å². The third-order valence-corrected chi connectivity index (χ3v) is 5.86. The first kappa shape index (κ1) is 22.6. The molecule has 0 saturated carbocycles. The molecule has 3 aliphatic heterocycles. The van der Waals surface area contributed by atoms with Crippen molar-refractivity contribution in [2.24, 2.45) is 4.99 Å². The Bertz CT molecular complexity index is 712. The van der Waals surface area contributed by atoms with Crippen LogP contribution >= 0.6 is 24.0 Å². The van der Waals surface area contributed by atoms with Crippen LogP contribution in [0.3, 0.4) is 0 Å². The Morgan fingerprint density at radius 3 is 2.86 bits per heavy atom. The Morgan fingerprint density at radius 1 is 1.24 bits per heavy atom. The van der Waals surface area contributed by atoms with E-state index in [9.17, 15) is 4.39 Å². The average molecular weight is 518 g/mol. The first-order valence-electron chi connectivity index (χ1n) is 10.5. The number of hydrogen-bond donors (Lipinski definition) is 1. The normalized spacial score (nSPS) is 22.6. The molecule has 0 aromatic heterocycles. The van der Waals surface area contributed by atoms with Gasteiger partial charge in [0.1, 0.15) is 11.6 Å². The highest BCUT2D eigenvalue weighted by Crippen LogP contribution is 2.30. The molecule has 8 heteroatoms. The number of nitrogens with one attached hydrogen (secondary N) is 1. The Hall–Kier alpha value is -1.13. The number of piperidine rings is 1. The second-order valence-corrected chi connectivity index (χ2v) is 7.82. The molecule has 3 aliphatic rings. The molecule has 1 unspecified atom stereocenters. The monoisotopic (exact) mass is 518 g/mol. The summed E-state index contributed by atoms with van der Waals surface area (Å²) in [5, 5.41) is 3.41. The third kappa shape index (κ3) is 5.52. The van der Waals surface area contributed by atoms with E-state index in [-0.39, 0.29) is 36.6 Å². The van der Waals surface area contributed by atoms with Crippen LogP contribution in [0.2, 0.25) is 0 Å². The number of ether oxygens (including phenoxy) is 2. The van der Waals surface area contributed by atoms with Crippen molar-refractivity contribution in [3.05, 3.63) is 29.1 Å². The number of hydrogen-bond acceptors (Lipinski definition) is 4. The summed E-state index contributed by atoms with van der Waals surface area (Å²) >= 11 is 0. The summed E-state index contributed by atoms with van der Waals surface area (Å²) in [4.78, 5) is 9.81. The maximum atomic E-state index is 14.0. The fourth-order valence-corrected chi connectivity index (χ4v) is 4.48. The standard InChI is InChI=1S/C21H31FN4O2.HI/c1-2-23-21(26-9-6-19(13-26)25-7-4-3-5-8-25)24-12-16-10-18(22)11-17-14-27-15-28-20(16)17;/h10-11,19H,2-9,12-15H2,1H3,(H,23,24);1H. The van der Waals surface area contributed by atoms with Gasteiger partial charge in [-0.2, -0.15) is 0 Å². The van der Waals surface area contributed by atoms with Crippen LogP contribution in [-0.4, -0.2) is 61.3 Å². The second kappa shape index (κ2) is 10.8. The summed E-state index contributed by atoms with van der Waals surface area (Å²) in [6.07, 6.45) is 5.18. The van der Waals surface area contributed by atoms with Gasteiger partial charge in [-0.3, -0.25) is 4.90 Å². The number of likely N-dealkylation sites (tertiary alicyclic amines) is 2. The number of halogens is 2. The molecule has 0 aliphatic carbocycles. The smallest absolute Gasteiger partial charge is 0.194 e. The predicted octanol–water partition coefficient (Wildman–Crippen LogP) is 3.34. The zero-order chi connectivity index (χ0) is 19.3. The van der Waals surface area contributed by atoms with Gasteiger partial charge < -0.3 is 19.7 Å². The minimum Gasteiger partial charge on any atom is -0.467 e. The molecule has 1 aromatic carbocycles. The highest BCUT2D eigenvalue weighted by atomic mass is 127. The van der Waals surface area contributed by atoms with E-state index in [1.807, 2.05) is 0 Å². The Kier molecular flexibility index (Phi) is 8.37. The van der Waals surface area contributed by atoms with Crippen molar-refractivity contribution in [1.29, 1.82) is 0 Å². The van der Waals surface area contributed by atoms with E-state index in [1.54, 1.807) is 0 Å². The molecule has 2 saturated heterocycles. The first-order valence-corrected chi connectivity index (χ1v) is 10.5. The number of aliphatic imine (C=N–C) groups is 1. The average Bonchev–Trinajstić information content (AvgIpc) is 3.21. The van der Waals surface area contributed by atoms with E-state index in [1.165, 1.54) is 50.9 Å². The lowest BCUT2D eigenvalue weighted by Gasteiger charge is -2.32. The van der Waals surface area contributed by atoms with Gasteiger partial charge in [0.25, 0.3) is 0 Å². The lowest BCUT2D eigenvalue weighted by molar-refractivity contribution is -0.0172. The van der Waals surface area contributed by atoms with Crippen LogP contribution in [0.25, 0.3) is 0 Å². The summed E-state index contributed by atoms with van der Waals surface area (Å²) in [7, 11) is 0. The van der Waals surface area contributed by atoms with Gasteiger partial charge in [0.15, 0.2) is 12.8 Å². The highest BCUT2D eigenvalue weighted by molar-refractivity contribution is 14.0. The molecule has 3 heterocycles. The number of fused-ring (bicyclic) bond motifs is 1. The second-order valence-electron chi connectivity index (χ2n) is 7.82. The number of benzene rings is 1. The third-order valence-electron chi connectivity index (χ3n) is 5.86. The molecule has 0 radical (unpaired) electrons. The van der Waals surface area contributed by atoms with Crippen LogP contribution in [-0.2, 0) is 17.9 Å². The van der Waals surface area contributed by atoms with E-state index in [4.69, 9.17) is 14.5 Å². The summed E-state index contributed by atoms with van der Waals surface area (Å²) in [6.45, 7) is 8.35. The van der Waals surface area contributed by atoms with E-state index in [0.29, 0.717) is 19.2 Å². The fourth-order valence-electron chi connectivity index (χ4n) is 4.48. The zero-order valence-corrected chi connectivity index (χ0v) is 19.5. The van der Waals surface area contributed by atoms with E-state index >= 15 is 0 Å². The summed E-state index contributed by atoms with van der Waals surface area (Å²) < 4.78 is 24.9. The van der Waals surface area contributed by atoms with Crippen molar-refractivity contribution in [2.75, 3.05) is 39.5 Å². The lowest BCUT2D eigenvalue weighted by Crippen LogP contribution is -2.44. The topological polar surface area (TPSA) is 49.3 Å². The zero-order valence-electron chi connectivity index (χ0n) is 17.2. The largest absolute Gasteiger partial charge is 0.467 e. The first-order chi connectivity index (χ1) is 13.7. The van der Waals surface area contributed by atoms with Crippen molar-refractivity contribution in [3.8, 4) is 5.75 Å². The molecule has 0 bridgehead atoms. The van der Waals surface area contributed by atoms with Crippen LogP contribution in [0.1, 0.15) is 43.7 Å². The van der Waals surface area contributed by atoms with E-state index < -0.39 is 0 Å². The van der Waals surface area contributed by atoms with Crippen LogP contribution in [0.4, 0.5) is 4.39 Å². The molecule has 0 spiro atoms. The van der Waals surface area contributed by atoms with Crippen molar-refractivity contribution in [2.45, 2.75) is 51.8 Å². The van der Waals surface area contributed by atoms with Gasteiger partial charge in [0, 0.05) is 36.8 Å². The molecule has 1 atom stereocenters. The molecule has 6 nitrogen and oxygen atoms in total. The van der Waals surface area contributed by atoms with Crippen LogP contribution in [0.5, 0.6) is 5.75 Å². The van der Waals surface area contributed by atoms with E-state index in [2.05, 4.69) is 22.0 Å². The van der Waals surface area contributed by atoms with Gasteiger partial charge in [0.05, 0.1) is 13.2 Å². The van der Waals surface area contributed by atoms with Gasteiger partial charge >= 0.3 is 0 Å². The maximum absolute atomic E-state index is 14.0. The Morgan fingerprint density at radius 2 is 2.07 bits per heavy atom. The molecule has 4 rings (SSSR count). The summed E-state index contributed by atoms with van der Waals surface area (Å²) in [5.74, 6) is 1.36. The molecule has 2 fully saturated rings. The van der Waals surface area contributed by atoms with Crippen LogP contribution in [0, 0.1) is 5.82 Å². The highest BCUT2D eigenvalue weighted by Gasteiger charge is 2.30. The van der Waals surface area contributed by atoms with Gasteiger partial charge in [-0.1, -0.05) is 6.42 Å². The van der Waals surface area contributed by atoms with E-state index in [0.717, 1.165) is 42.5 Å². The van der Waals surface area contributed by atoms with Crippen molar-refractivity contribution >= 4 is 29.9 Å². The molecule has 162 valence electrons. The maximum Gasteiger partial charge on any atom is 0.194 e. The minimum absolute atomic E-state index is 0. The molecule has 1 aromatic rings. The molecular weight excluding hydrogens is 486 g/mol. The molecule has 0 amide bonds. The van der Waals surface area contributed by atoms with Crippen LogP contribution in [0.15, 0.2) is 17.1 Å². The van der Waals surface area contributed by atoms with Gasteiger partial charge in [0.2, 0.25) is 0 Å². The Balaban J connectivity index is 0.00000240. The minimum atomic E-state index is -0.269. The van der Waals surface area contributed by atoms with Crippen LogP contribution < -0.4 is 10.1 Å². The fraction of sp³-hybridized carbons (Fsp3) is 0.667. The van der Waals surface area contributed by atoms with Gasteiger partial charge in [-0.15, -0.1) is 24.0 Å². The summed E-state index contributed by atoms with van der Waals surface area (Å²) in [5.41, 5.74) is 1.54. The predicted molar refractivity (Wildman–Crippen MR) is 122 cm³/mol. The SMILES string of the molecule is CCNC(=NCc1cc(F)cc2c1OCOC2)N1CCC(N2CCCCC2)C1.I. The molecule has 29 heavy (non-hydrogen) atoms. The number of nitrogens with zero attached hydrogens (tertiary/aromatic N) is 3. The van der Waals surface area contributed by atoms with Gasteiger partial charge in [-0.25, -0.2) is 9.38 Å². The molecular formula is C21H32FIN4O2. The number of rotatable bonds is 4. The summed E-state index contributed by atoms with van der Waals surface area (Å²) in [6, 6.07) is 3.63. The van der Waals surface area contributed by atoms with Gasteiger partial charge in [-0.05, 0) is 51.4 Å². The van der Waals surface area contributed by atoms with Crippen molar-refractivity contribution in [1.82, 2.24) is 15.1 Å². The lowest BCUT2D eigenvalue weighted by atomic mass is 10.1. The Labute approximate surface area is 189 Å². The number of guanidine groups is 1. The quantitative estimate of drug-likeness (QED) is 0.377. The van der Waals surface area contributed by atoms with Crippen molar-refractivity contribution in [3.63, 3.8) is 0 Å². The molecule has 1 N–H and O–H groups in total.